The number of aryl methyl sites for hydroxylation is 2. The fraction of sp³-hybridized carbons (Fsp3) is 0.450. The first-order chi connectivity index (χ1) is 13.0. The van der Waals surface area contributed by atoms with E-state index in [1.54, 1.807) is 13.8 Å². The predicted molar refractivity (Wildman–Crippen MR) is 99.2 cm³/mol. The van der Waals surface area contributed by atoms with Crippen LogP contribution in [0.15, 0.2) is 23.0 Å². The number of aromatic nitrogens is 2. The van der Waals surface area contributed by atoms with E-state index in [0.717, 1.165) is 29.9 Å². The number of nitrogens with one attached hydrogen (secondary N) is 1. The number of hydrogen-bond acceptors (Lipinski definition) is 5. The standard InChI is InChI=1S/C20H23N3O4/c1-12-15(20(25)22-13(2)21-12)11-19(24)23-7-3-4-16(23)14-5-6-17-18(10-14)27-9-8-26-17/h5-6,10,16H,3-4,7-9,11H2,1-2H3,(H,21,22,25)/t16-/m0/s1. The predicted octanol–water partition coefficient (Wildman–Crippen LogP) is 2.06. The summed E-state index contributed by atoms with van der Waals surface area (Å²) in [6.07, 6.45) is 1.90. The van der Waals surface area contributed by atoms with Gasteiger partial charge >= 0.3 is 0 Å². The summed E-state index contributed by atoms with van der Waals surface area (Å²) < 4.78 is 11.3. The molecule has 1 fully saturated rings. The normalized spacial score (nSPS) is 18.6. The van der Waals surface area contributed by atoms with Crippen LogP contribution in [0.25, 0.3) is 0 Å². The SMILES string of the molecule is Cc1nc(C)c(CC(=O)N2CCC[C@H]2c2ccc3c(c2)OCCO3)c(=O)[nH]1. The topological polar surface area (TPSA) is 84.5 Å². The average molecular weight is 369 g/mol. The number of carbonyl (C=O) groups excluding carboxylic acids is 1. The first-order valence-corrected chi connectivity index (χ1v) is 9.28. The van der Waals surface area contributed by atoms with Crippen LogP contribution in [0.2, 0.25) is 0 Å². The molecule has 7 heteroatoms. The van der Waals surface area contributed by atoms with Crippen LogP contribution in [0.5, 0.6) is 11.5 Å². The third-order valence-electron chi connectivity index (χ3n) is 5.19. The molecule has 3 heterocycles. The Kier molecular flexibility index (Phi) is 4.59. The zero-order chi connectivity index (χ0) is 19.0. The van der Waals surface area contributed by atoms with Crippen LogP contribution in [0.3, 0.4) is 0 Å². The number of ether oxygens (including phenoxy) is 2. The molecular formula is C20H23N3O4. The smallest absolute Gasteiger partial charge is 0.254 e. The minimum absolute atomic E-state index is 0.00822. The van der Waals surface area contributed by atoms with Gasteiger partial charge in [-0.05, 0) is 44.4 Å². The van der Waals surface area contributed by atoms with Crippen LogP contribution in [-0.4, -0.2) is 40.5 Å². The molecule has 0 spiro atoms. The molecule has 1 amide bonds. The van der Waals surface area contributed by atoms with Crippen LogP contribution < -0.4 is 15.0 Å². The molecule has 1 aromatic carbocycles. The van der Waals surface area contributed by atoms with Crippen molar-refractivity contribution < 1.29 is 14.3 Å². The zero-order valence-corrected chi connectivity index (χ0v) is 15.6. The Bertz CT molecular complexity index is 937. The summed E-state index contributed by atoms with van der Waals surface area (Å²) >= 11 is 0. The van der Waals surface area contributed by atoms with Crippen LogP contribution in [0, 0.1) is 13.8 Å². The second-order valence-corrected chi connectivity index (χ2v) is 7.04. The van der Waals surface area contributed by atoms with Crippen LogP contribution in [-0.2, 0) is 11.2 Å². The van der Waals surface area contributed by atoms with Crippen molar-refractivity contribution in [1.29, 1.82) is 0 Å². The molecule has 142 valence electrons. The largest absolute Gasteiger partial charge is 0.486 e. The van der Waals surface area contributed by atoms with Crippen molar-refractivity contribution in [3.8, 4) is 11.5 Å². The Morgan fingerprint density at radius 2 is 2.04 bits per heavy atom. The van der Waals surface area contributed by atoms with E-state index in [2.05, 4.69) is 9.97 Å². The highest BCUT2D eigenvalue weighted by Crippen LogP contribution is 2.38. The van der Waals surface area contributed by atoms with E-state index in [9.17, 15) is 9.59 Å². The van der Waals surface area contributed by atoms with E-state index < -0.39 is 0 Å². The van der Waals surface area contributed by atoms with Crippen molar-refractivity contribution in [2.45, 2.75) is 39.2 Å². The summed E-state index contributed by atoms with van der Waals surface area (Å²) in [4.78, 5) is 34.0. The Labute approximate surface area is 157 Å². The van der Waals surface area contributed by atoms with E-state index in [4.69, 9.17) is 9.47 Å². The summed E-state index contributed by atoms with van der Waals surface area (Å²) in [6, 6.07) is 5.86. The molecule has 0 radical (unpaired) electrons. The van der Waals surface area contributed by atoms with Gasteiger partial charge < -0.3 is 19.4 Å². The van der Waals surface area contributed by atoms with E-state index >= 15 is 0 Å². The summed E-state index contributed by atoms with van der Waals surface area (Å²) in [5.74, 6) is 1.98. The lowest BCUT2D eigenvalue weighted by molar-refractivity contribution is -0.131. The second kappa shape index (κ2) is 7.06. The number of likely N-dealkylation sites (tertiary alicyclic amines) is 1. The van der Waals surface area contributed by atoms with Crippen molar-refractivity contribution in [2.24, 2.45) is 0 Å². The summed E-state index contributed by atoms with van der Waals surface area (Å²) in [7, 11) is 0. The fourth-order valence-corrected chi connectivity index (χ4v) is 3.89. The zero-order valence-electron chi connectivity index (χ0n) is 15.6. The van der Waals surface area contributed by atoms with Crippen LogP contribution in [0.1, 0.15) is 41.5 Å². The molecule has 1 aromatic heterocycles. The molecule has 1 saturated heterocycles. The average Bonchev–Trinajstić information content (AvgIpc) is 3.14. The second-order valence-electron chi connectivity index (χ2n) is 7.04. The van der Waals surface area contributed by atoms with Gasteiger partial charge in [-0.3, -0.25) is 9.59 Å². The summed E-state index contributed by atoms with van der Waals surface area (Å²) in [5, 5.41) is 0. The monoisotopic (exact) mass is 369 g/mol. The van der Waals surface area contributed by atoms with Gasteiger partial charge in [0, 0.05) is 17.8 Å². The minimum Gasteiger partial charge on any atom is -0.486 e. The Hall–Kier alpha value is -2.83. The fourth-order valence-electron chi connectivity index (χ4n) is 3.89. The highest BCUT2D eigenvalue weighted by atomic mass is 16.6. The van der Waals surface area contributed by atoms with Crippen molar-refractivity contribution in [1.82, 2.24) is 14.9 Å². The lowest BCUT2D eigenvalue weighted by atomic mass is 10.0. The molecule has 4 rings (SSSR count). The van der Waals surface area contributed by atoms with Gasteiger partial charge in [-0.2, -0.15) is 0 Å². The minimum atomic E-state index is -0.233. The van der Waals surface area contributed by atoms with Gasteiger partial charge in [-0.15, -0.1) is 0 Å². The van der Waals surface area contributed by atoms with E-state index in [0.29, 0.717) is 36.8 Å². The van der Waals surface area contributed by atoms with Crippen molar-refractivity contribution in [3.63, 3.8) is 0 Å². The molecule has 0 unspecified atom stereocenters. The first-order valence-electron chi connectivity index (χ1n) is 9.28. The van der Waals surface area contributed by atoms with Crippen molar-refractivity contribution in [3.05, 3.63) is 51.2 Å². The molecule has 1 N–H and O–H groups in total. The van der Waals surface area contributed by atoms with E-state index in [-0.39, 0.29) is 23.9 Å². The number of fused-ring (bicyclic) bond motifs is 1. The van der Waals surface area contributed by atoms with E-state index in [1.165, 1.54) is 0 Å². The molecule has 0 bridgehead atoms. The highest BCUT2D eigenvalue weighted by molar-refractivity contribution is 5.79. The van der Waals surface area contributed by atoms with Gasteiger partial charge in [0.15, 0.2) is 11.5 Å². The van der Waals surface area contributed by atoms with Gasteiger partial charge in [-0.1, -0.05) is 6.07 Å². The Morgan fingerprint density at radius 3 is 2.81 bits per heavy atom. The highest BCUT2D eigenvalue weighted by Gasteiger charge is 2.31. The molecule has 0 aliphatic carbocycles. The quantitative estimate of drug-likeness (QED) is 0.895. The number of hydrogen-bond donors (Lipinski definition) is 1. The molecule has 2 aliphatic heterocycles. The van der Waals surface area contributed by atoms with Crippen molar-refractivity contribution >= 4 is 5.91 Å². The van der Waals surface area contributed by atoms with Gasteiger partial charge in [0.2, 0.25) is 5.91 Å². The first kappa shape index (κ1) is 17.6. The van der Waals surface area contributed by atoms with Gasteiger partial charge in [0.05, 0.1) is 12.5 Å². The number of carbonyl (C=O) groups is 1. The number of rotatable bonds is 3. The summed E-state index contributed by atoms with van der Waals surface area (Å²) in [6.45, 7) is 5.28. The maximum atomic E-state index is 13.0. The number of amides is 1. The molecule has 27 heavy (non-hydrogen) atoms. The number of nitrogens with zero attached hydrogens (tertiary/aromatic N) is 2. The van der Waals surface area contributed by atoms with Crippen LogP contribution in [0.4, 0.5) is 0 Å². The van der Waals surface area contributed by atoms with Gasteiger partial charge in [-0.25, -0.2) is 4.98 Å². The Morgan fingerprint density at radius 1 is 1.26 bits per heavy atom. The molecule has 1 atom stereocenters. The van der Waals surface area contributed by atoms with Gasteiger partial charge in [0.1, 0.15) is 19.0 Å². The summed E-state index contributed by atoms with van der Waals surface area (Å²) in [5.41, 5.74) is 1.86. The number of H-pyrrole nitrogens is 1. The third kappa shape index (κ3) is 3.41. The number of aromatic amines is 1. The molecule has 2 aromatic rings. The lowest BCUT2D eigenvalue weighted by Gasteiger charge is -2.27. The number of benzene rings is 1. The Balaban J connectivity index is 1.56. The molecule has 2 aliphatic rings. The lowest BCUT2D eigenvalue weighted by Crippen LogP contribution is -2.34. The van der Waals surface area contributed by atoms with E-state index in [1.807, 2.05) is 23.1 Å². The van der Waals surface area contributed by atoms with Gasteiger partial charge in [0.25, 0.3) is 5.56 Å². The maximum Gasteiger partial charge on any atom is 0.254 e. The molecule has 0 saturated carbocycles. The molecular weight excluding hydrogens is 346 g/mol. The van der Waals surface area contributed by atoms with Crippen molar-refractivity contribution in [2.75, 3.05) is 19.8 Å². The third-order valence-corrected chi connectivity index (χ3v) is 5.19. The van der Waals surface area contributed by atoms with Crippen LogP contribution >= 0.6 is 0 Å². The molecule has 7 nitrogen and oxygen atoms in total. The maximum absolute atomic E-state index is 13.0.